The van der Waals surface area contributed by atoms with Gasteiger partial charge in [-0.2, -0.15) is 0 Å². The van der Waals surface area contributed by atoms with Gasteiger partial charge in [0.25, 0.3) is 5.91 Å². The molecule has 1 N–H and O–H groups in total. The molecule has 4 aromatic rings. The Morgan fingerprint density at radius 2 is 1.82 bits per heavy atom. The van der Waals surface area contributed by atoms with Crippen LogP contribution >= 0.6 is 11.5 Å². The molecule has 12 nitrogen and oxygen atoms in total. The highest BCUT2D eigenvalue weighted by molar-refractivity contribution is 7.93. The first-order valence-electron chi connectivity index (χ1n) is 19.9. The van der Waals surface area contributed by atoms with Gasteiger partial charge in [0.1, 0.15) is 34.3 Å². The Hall–Kier alpha value is -4.97. The van der Waals surface area contributed by atoms with Gasteiger partial charge in [-0.3, -0.25) is 19.2 Å². The number of hydrogen-bond donors (Lipinski definition) is 1. The largest absolute Gasteiger partial charge is 0.573 e. The van der Waals surface area contributed by atoms with E-state index in [2.05, 4.69) is 19.4 Å². The standard InChI is InChI=1S/C42H42F4N4O8S2/c1-40(14-15-40)60(55,56)23-36(52)41-20-24(41)7-5-3-2-4-6-8-31(48-37(53)35-13-16-47-59-35)39(54)50-22-27(19-33(50)34(51)21-41)57-38-29-11-9-25(43)17-30(29)28-12-10-26(18-32(28)49-38)58-42(44,45)46/h5,7,9-13,16-18,24,27,31,33H,2-4,6,8,14-15,19-23H2,1H3,(H,48,53)/b7-5-/t24-,27-,31+,33+,41-/m1/s1. The van der Waals surface area contributed by atoms with Crippen LogP contribution in [0.1, 0.15) is 80.8 Å². The van der Waals surface area contributed by atoms with E-state index in [9.17, 15) is 45.2 Å². The molecule has 18 heteroatoms. The average molecular weight is 871 g/mol. The summed E-state index contributed by atoms with van der Waals surface area (Å²) in [5.74, 6) is -4.44. The number of allylic oxidation sites excluding steroid dienone is 2. The number of hydrogen-bond acceptors (Lipinski definition) is 11. The third kappa shape index (κ3) is 8.49. The molecule has 2 aliphatic heterocycles. The lowest BCUT2D eigenvalue weighted by atomic mass is 9.88. The second-order valence-electron chi connectivity index (χ2n) is 16.5. The van der Waals surface area contributed by atoms with Gasteiger partial charge in [-0.05, 0) is 105 Å². The molecule has 318 valence electrons. The number of ether oxygens (including phenoxy) is 2. The molecule has 2 aromatic heterocycles. The van der Waals surface area contributed by atoms with Crippen molar-refractivity contribution in [2.24, 2.45) is 11.3 Å². The zero-order valence-electron chi connectivity index (χ0n) is 32.5. The van der Waals surface area contributed by atoms with E-state index in [-0.39, 0.29) is 59.8 Å². The van der Waals surface area contributed by atoms with Crippen LogP contribution in [0.2, 0.25) is 0 Å². The second-order valence-corrected chi connectivity index (χ2v) is 19.9. The SMILES string of the molecule is CC1(S(=O)(=O)CC(=O)[C@]23CC(=O)[C@@H]4C[C@@H](Oc5nc6cc(OC(F)(F)F)ccc6c6cc(F)ccc56)CN4C(=O)[C@@H](NC(=O)c4ccns4)CCCCC/C=C\[C@@H]2C3)CC1. The lowest BCUT2D eigenvalue weighted by molar-refractivity contribution is -0.274. The summed E-state index contributed by atoms with van der Waals surface area (Å²) in [7, 11) is -3.79. The number of sulfone groups is 1. The Morgan fingerprint density at radius 3 is 2.55 bits per heavy atom. The zero-order chi connectivity index (χ0) is 42.6. The van der Waals surface area contributed by atoms with E-state index in [1.807, 2.05) is 12.2 Å². The van der Waals surface area contributed by atoms with Crippen LogP contribution in [0.5, 0.6) is 11.6 Å². The van der Waals surface area contributed by atoms with Crippen LogP contribution in [-0.4, -0.2) is 87.7 Å². The second kappa shape index (κ2) is 15.8. The highest BCUT2D eigenvalue weighted by atomic mass is 32.2. The number of Topliss-reactive ketones (excluding diaryl/α,β-unsaturated/α-hetero) is 2. The summed E-state index contributed by atoms with van der Waals surface area (Å²) >= 11 is 0.957. The summed E-state index contributed by atoms with van der Waals surface area (Å²) in [4.78, 5) is 62.8. The van der Waals surface area contributed by atoms with Crippen molar-refractivity contribution in [1.82, 2.24) is 19.6 Å². The van der Waals surface area contributed by atoms with Crippen molar-refractivity contribution in [3.8, 4) is 11.6 Å². The zero-order valence-corrected chi connectivity index (χ0v) is 34.1. The summed E-state index contributed by atoms with van der Waals surface area (Å²) in [6, 6.07) is 6.53. The molecule has 2 aromatic carbocycles. The Balaban J connectivity index is 1.14. The van der Waals surface area contributed by atoms with Crippen molar-refractivity contribution in [2.45, 2.75) is 100 Å². The molecule has 5 atom stereocenters. The number of benzene rings is 2. The van der Waals surface area contributed by atoms with E-state index in [4.69, 9.17) is 4.74 Å². The maximum atomic E-state index is 14.7. The first-order valence-corrected chi connectivity index (χ1v) is 22.3. The number of nitrogens with zero attached hydrogens (tertiary/aromatic N) is 3. The molecule has 0 bridgehead atoms. The fourth-order valence-corrected chi connectivity index (χ4v) is 10.7. The monoisotopic (exact) mass is 870 g/mol. The van der Waals surface area contributed by atoms with Gasteiger partial charge in [0, 0.05) is 41.3 Å². The molecular formula is C42H42F4N4O8S2. The topological polar surface area (TPSA) is 162 Å². The van der Waals surface area contributed by atoms with E-state index < -0.39 is 85.2 Å². The normalized spacial score (nSPS) is 26.4. The first kappa shape index (κ1) is 41.8. The Morgan fingerprint density at radius 1 is 1.03 bits per heavy atom. The third-order valence-corrected chi connectivity index (χ3v) is 15.6. The quantitative estimate of drug-likeness (QED) is 0.105. The minimum absolute atomic E-state index is 0.000942. The summed E-state index contributed by atoms with van der Waals surface area (Å²) in [6.07, 6.45) is 3.08. The molecule has 2 saturated carbocycles. The van der Waals surface area contributed by atoms with Crippen molar-refractivity contribution in [3.05, 3.63) is 71.5 Å². The molecular weight excluding hydrogens is 829 g/mol. The molecule has 0 spiro atoms. The Bertz CT molecular complexity index is 2510. The molecule has 2 amide bonds. The number of carbonyl (C=O) groups is 4. The van der Waals surface area contributed by atoms with Gasteiger partial charge in [0.05, 0.1) is 22.9 Å². The maximum Gasteiger partial charge on any atom is 0.573 e. The Kier molecular flexibility index (Phi) is 11.0. The van der Waals surface area contributed by atoms with Crippen LogP contribution in [0.25, 0.3) is 21.7 Å². The lowest BCUT2D eigenvalue weighted by Gasteiger charge is -2.29. The number of aromatic nitrogens is 2. The maximum absolute atomic E-state index is 14.7. The van der Waals surface area contributed by atoms with Crippen molar-refractivity contribution >= 4 is 66.4 Å². The molecule has 1 saturated heterocycles. The van der Waals surface area contributed by atoms with Gasteiger partial charge in [-0.15, -0.1) is 13.2 Å². The van der Waals surface area contributed by atoms with E-state index in [0.29, 0.717) is 42.9 Å². The Labute approximate surface area is 346 Å². The van der Waals surface area contributed by atoms with E-state index in [1.165, 1.54) is 41.4 Å². The predicted molar refractivity (Wildman–Crippen MR) is 213 cm³/mol. The number of rotatable bonds is 9. The molecule has 4 aliphatic rings. The van der Waals surface area contributed by atoms with Crippen molar-refractivity contribution in [3.63, 3.8) is 0 Å². The van der Waals surface area contributed by atoms with Crippen LogP contribution in [0.15, 0.2) is 60.8 Å². The minimum atomic E-state index is -4.99. The number of pyridine rings is 1. The number of carbonyl (C=O) groups excluding carboxylic acids is 4. The van der Waals surface area contributed by atoms with Crippen molar-refractivity contribution < 1.29 is 54.6 Å². The van der Waals surface area contributed by atoms with Gasteiger partial charge in [-0.25, -0.2) is 22.2 Å². The first-order chi connectivity index (χ1) is 28.4. The van der Waals surface area contributed by atoms with E-state index in [1.54, 1.807) is 6.92 Å². The fraction of sp³-hybridized carbons (Fsp3) is 0.476. The van der Waals surface area contributed by atoms with Crippen LogP contribution in [0, 0.1) is 17.2 Å². The highest BCUT2D eigenvalue weighted by Crippen LogP contribution is 2.58. The van der Waals surface area contributed by atoms with E-state index >= 15 is 0 Å². The van der Waals surface area contributed by atoms with Gasteiger partial charge in [-0.1, -0.05) is 25.0 Å². The van der Waals surface area contributed by atoms with E-state index in [0.717, 1.165) is 30.1 Å². The molecule has 0 radical (unpaired) electrons. The number of alkyl halides is 3. The average Bonchev–Trinajstić information content (AvgIpc) is 3.93. The molecule has 4 heterocycles. The van der Waals surface area contributed by atoms with Crippen LogP contribution in [-0.2, 0) is 24.2 Å². The summed E-state index contributed by atoms with van der Waals surface area (Å²) in [6.45, 7) is 1.43. The molecule has 8 rings (SSSR count). The molecule has 2 aliphatic carbocycles. The molecule has 3 fully saturated rings. The highest BCUT2D eigenvalue weighted by Gasteiger charge is 2.62. The number of ketones is 2. The van der Waals surface area contributed by atoms with Gasteiger partial charge in [0.2, 0.25) is 11.8 Å². The number of halogens is 4. The van der Waals surface area contributed by atoms with Crippen molar-refractivity contribution in [1.29, 1.82) is 0 Å². The van der Waals surface area contributed by atoms with Crippen LogP contribution in [0.3, 0.4) is 0 Å². The summed E-state index contributed by atoms with van der Waals surface area (Å²) < 4.78 is 94.3. The smallest absolute Gasteiger partial charge is 0.472 e. The predicted octanol–water partition coefficient (Wildman–Crippen LogP) is 7.05. The number of nitrogens with one attached hydrogen (secondary N) is 1. The molecule has 0 unspecified atom stereocenters. The summed E-state index contributed by atoms with van der Waals surface area (Å²) in [5.41, 5.74) is -1.28. The van der Waals surface area contributed by atoms with Crippen LogP contribution in [0.4, 0.5) is 17.6 Å². The summed E-state index contributed by atoms with van der Waals surface area (Å²) in [5, 5.41) is 3.74. The van der Waals surface area contributed by atoms with Gasteiger partial charge < -0.3 is 19.7 Å². The minimum Gasteiger partial charge on any atom is -0.472 e. The van der Waals surface area contributed by atoms with Gasteiger partial charge in [0.15, 0.2) is 21.4 Å². The number of fused-ring (bicyclic) bond motifs is 5. The molecule has 60 heavy (non-hydrogen) atoms. The third-order valence-electron chi connectivity index (χ3n) is 12.3. The lowest BCUT2D eigenvalue weighted by Crippen LogP contribution is -2.52. The van der Waals surface area contributed by atoms with Crippen LogP contribution < -0.4 is 14.8 Å². The van der Waals surface area contributed by atoms with Crippen molar-refractivity contribution in [2.75, 3.05) is 12.3 Å². The fourth-order valence-electron chi connectivity index (χ4n) is 8.49. The number of amides is 2. The van der Waals surface area contributed by atoms with Gasteiger partial charge >= 0.3 is 6.36 Å².